The molecule has 25 heavy (non-hydrogen) atoms. The third kappa shape index (κ3) is 3.46. The monoisotopic (exact) mass is 365 g/mol. The molecule has 1 atom stereocenters. The Morgan fingerprint density at radius 1 is 1.28 bits per heavy atom. The number of carbonyl (C=O) groups excluding carboxylic acids is 2. The van der Waals surface area contributed by atoms with Crippen molar-refractivity contribution in [2.24, 2.45) is 0 Å². The van der Waals surface area contributed by atoms with Crippen LogP contribution in [0.3, 0.4) is 0 Å². The number of pyridine rings is 1. The van der Waals surface area contributed by atoms with Crippen LogP contribution in [0.4, 0.5) is 14.5 Å². The Bertz CT molecular complexity index is 829. The number of rotatable bonds is 2. The minimum Gasteiger partial charge on any atom is -0.323 e. The van der Waals surface area contributed by atoms with Crippen LogP contribution in [0.5, 0.6) is 0 Å². The number of piperazine rings is 1. The first kappa shape index (κ1) is 17.3. The van der Waals surface area contributed by atoms with E-state index in [2.05, 4.69) is 4.98 Å². The zero-order valence-electron chi connectivity index (χ0n) is 13.2. The van der Waals surface area contributed by atoms with Crippen molar-refractivity contribution >= 4 is 29.1 Å². The fraction of sp³-hybridized carbons (Fsp3) is 0.235. The molecular formula is C17H14ClF2N3O2. The molecule has 0 saturated carbocycles. The van der Waals surface area contributed by atoms with Gasteiger partial charge in [-0.3, -0.25) is 9.59 Å². The molecule has 1 aliphatic heterocycles. The molecular weight excluding hydrogens is 352 g/mol. The van der Waals surface area contributed by atoms with Gasteiger partial charge in [0.05, 0.1) is 6.20 Å². The lowest BCUT2D eigenvalue weighted by Crippen LogP contribution is -2.57. The van der Waals surface area contributed by atoms with Crippen molar-refractivity contribution in [1.29, 1.82) is 0 Å². The van der Waals surface area contributed by atoms with Gasteiger partial charge in [0.1, 0.15) is 12.4 Å². The highest BCUT2D eigenvalue weighted by atomic mass is 35.5. The quantitative estimate of drug-likeness (QED) is 0.822. The van der Waals surface area contributed by atoms with Crippen molar-refractivity contribution in [3.63, 3.8) is 0 Å². The van der Waals surface area contributed by atoms with Gasteiger partial charge in [0.15, 0.2) is 11.5 Å². The van der Waals surface area contributed by atoms with Gasteiger partial charge in [0.2, 0.25) is 5.91 Å². The standard InChI is InChI=1S/C17H14ClF2N3O2/c1-10-8-23(13-4-2-11(18)3-5-13)15(24)9-22(10)17(25)16-14(20)6-12(19)7-21-16/h2-7,10H,8-9H2,1H3/t10-/m1/s1. The van der Waals surface area contributed by atoms with Gasteiger partial charge in [-0.2, -0.15) is 0 Å². The predicted molar refractivity (Wildman–Crippen MR) is 88.5 cm³/mol. The molecule has 1 fully saturated rings. The summed E-state index contributed by atoms with van der Waals surface area (Å²) in [5.41, 5.74) is 0.167. The van der Waals surface area contributed by atoms with E-state index >= 15 is 0 Å². The Balaban J connectivity index is 1.81. The molecule has 130 valence electrons. The number of amides is 2. The number of halogens is 3. The molecule has 2 aromatic rings. The van der Waals surface area contributed by atoms with Crippen LogP contribution >= 0.6 is 11.6 Å². The van der Waals surface area contributed by atoms with Crippen LogP contribution in [0.1, 0.15) is 17.4 Å². The van der Waals surface area contributed by atoms with Crippen molar-refractivity contribution < 1.29 is 18.4 Å². The SMILES string of the molecule is C[C@@H]1CN(c2ccc(Cl)cc2)C(=O)CN1C(=O)c1ncc(F)cc1F. The lowest BCUT2D eigenvalue weighted by atomic mass is 10.1. The van der Waals surface area contributed by atoms with E-state index in [0.29, 0.717) is 16.8 Å². The van der Waals surface area contributed by atoms with Gasteiger partial charge in [-0.25, -0.2) is 13.8 Å². The van der Waals surface area contributed by atoms with Gasteiger partial charge in [-0.05, 0) is 31.2 Å². The highest BCUT2D eigenvalue weighted by Gasteiger charge is 2.35. The number of nitrogens with zero attached hydrogens (tertiary/aromatic N) is 3. The first-order valence-electron chi connectivity index (χ1n) is 7.55. The molecule has 8 heteroatoms. The summed E-state index contributed by atoms with van der Waals surface area (Å²) in [6, 6.07) is 6.99. The summed E-state index contributed by atoms with van der Waals surface area (Å²) in [5.74, 6) is -2.97. The van der Waals surface area contributed by atoms with Gasteiger partial charge >= 0.3 is 0 Å². The summed E-state index contributed by atoms with van der Waals surface area (Å²) in [5, 5.41) is 0.552. The highest BCUT2D eigenvalue weighted by Crippen LogP contribution is 2.23. The number of aromatic nitrogens is 1. The Morgan fingerprint density at radius 3 is 2.60 bits per heavy atom. The number of anilines is 1. The summed E-state index contributed by atoms with van der Waals surface area (Å²) in [4.78, 5) is 31.2. The molecule has 2 amide bonds. The second-order valence-electron chi connectivity index (χ2n) is 5.75. The van der Waals surface area contributed by atoms with Gasteiger partial charge in [0, 0.05) is 29.4 Å². The minimum atomic E-state index is -1.05. The molecule has 3 rings (SSSR count). The Morgan fingerprint density at radius 2 is 1.96 bits per heavy atom. The van der Waals surface area contributed by atoms with Crippen molar-refractivity contribution in [3.8, 4) is 0 Å². The zero-order chi connectivity index (χ0) is 18.1. The molecule has 0 aliphatic carbocycles. The third-order valence-electron chi connectivity index (χ3n) is 4.00. The maximum absolute atomic E-state index is 13.8. The summed E-state index contributed by atoms with van der Waals surface area (Å²) in [6.07, 6.45) is 0.771. The average molecular weight is 366 g/mol. The maximum Gasteiger partial charge on any atom is 0.276 e. The Kier molecular flexibility index (Phi) is 4.67. The van der Waals surface area contributed by atoms with Crippen LogP contribution in [-0.2, 0) is 4.79 Å². The summed E-state index contributed by atoms with van der Waals surface area (Å²) in [6.45, 7) is 1.77. The Labute approximate surface area is 147 Å². The van der Waals surface area contributed by atoms with E-state index in [1.54, 1.807) is 36.1 Å². The first-order valence-corrected chi connectivity index (χ1v) is 7.92. The lowest BCUT2D eigenvalue weighted by molar-refractivity contribution is -0.121. The number of hydrogen-bond donors (Lipinski definition) is 0. The molecule has 0 radical (unpaired) electrons. The molecule has 0 N–H and O–H groups in total. The molecule has 1 saturated heterocycles. The minimum absolute atomic E-state index is 0.221. The van der Waals surface area contributed by atoms with Crippen molar-refractivity contribution in [1.82, 2.24) is 9.88 Å². The van der Waals surface area contributed by atoms with E-state index in [9.17, 15) is 18.4 Å². The molecule has 1 aromatic carbocycles. The van der Waals surface area contributed by atoms with Gasteiger partial charge in [0.25, 0.3) is 5.91 Å². The number of hydrogen-bond acceptors (Lipinski definition) is 3. The molecule has 2 heterocycles. The van der Waals surface area contributed by atoms with Gasteiger partial charge < -0.3 is 9.80 Å². The van der Waals surface area contributed by atoms with E-state index in [1.165, 1.54) is 4.90 Å². The van der Waals surface area contributed by atoms with Crippen molar-refractivity contribution in [3.05, 3.63) is 58.9 Å². The zero-order valence-corrected chi connectivity index (χ0v) is 14.0. The molecule has 0 unspecified atom stereocenters. The summed E-state index contributed by atoms with van der Waals surface area (Å²) in [7, 11) is 0. The number of benzene rings is 1. The van der Waals surface area contributed by atoms with Crippen molar-refractivity contribution in [2.75, 3.05) is 18.0 Å². The van der Waals surface area contributed by atoms with Crippen LogP contribution in [-0.4, -0.2) is 40.8 Å². The fourth-order valence-electron chi connectivity index (χ4n) is 2.70. The molecule has 5 nitrogen and oxygen atoms in total. The van der Waals surface area contributed by atoms with Crippen LogP contribution in [0.2, 0.25) is 5.02 Å². The maximum atomic E-state index is 13.8. The molecule has 0 spiro atoms. The Hall–Kier alpha value is -2.54. The molecule has 1 aliphatic rings. The summed E-state index contributed by atoms with van der Waals surface area (Å²) < 4.78 is 26.8. The van der Waals surface area contributed by atoms with E-state index in [4.69, 9.17) is 11.6 Å². The highest BCUT2D eigenvalue weighted by molar-refractivity contribution is 6.30. The summed E-state index contributed by atoms with van der Waals surface area (Å²) >= 11 is 5.85. The third-order valence-corrected chi connectivity index (χ3v) is 4.25. The second-order valence-corrected chi connectivity index (χ2v) is 6.18. The van der Waals surface area contributed by atoms with Gasteiger partial charge in [-0.1, -0.05) is 11.6 Å². The second kappa shape index (κ2) is 6.76. The van der Waals surface area contributed by atoms with Gasteiger partial charge in [-0.15, -0.1) is 0 Å². The lowest BCUT2D eigenvalue weighted by Gasteiger charge is -2.39. The van der Waals surface area contributed by atoms with Crippen LogP contribution < -0.4 is 4.90 Å². The van der Waals surface area contributed by atoms with Crippen LogP contribution in [0.25, 0.3) is 0 Å². The number of carbonyl (C=O) groups is 2. The molecule has 1 aromatic heterocycles. The van der Waals surface area contributed by atoms with Crippen LogP contribution in [0.15, 0.2) is 36.5 Å². The predicted octanol–water partition coefficient (Wildman–Crippen LogP) is 2.89. The van der Waals surface area contributed by atoms with E-state index in [0.717, 1.165) is 6.20 Å². The average Bonchev–Trinajstić information content (AvgIpc) is 2.57. The normalized spacial score (nSPS) is 17.8. The smallest absolute Gasteiger partial charge is 0.276 e. The first-order chi connectivity index (χ1) is 11.9. The largest absolute Gasteiger partial charge is 0.323 e. The van der Waals surface area contributed by atoms with Crippen LogP contribution in [0, 0.1) is 11.6 Å². The van der Waals surface area contributed by atoms with E-state index in [1.807, 2.05) is 0 Å². The van der Waals surface area contributed by atoms with E-state index < -0.39 is 23.2 Å². The topological polar surface area (TPSA) is 53.5 Å². The molecule has 0 bridgehead atoms. The fourth-order valence-corrected chi connectivity index (χ4v) is 2.83. The van der Waals surface area contributed by atoms with E-state index in [-0.39, 0.29) is 25.0 Å². The van der Waals surface area contributed by atoms with Crippen molar-refractivity contribution in [2.45, 2.75) is 13.0 Å².